The summed E-state index contributed by atoms with van der Waals surface area (Å²) in [6.07, 6.45) is 2.34. The van der Waals surface area contributed by atoms with Crippen molar-refractivity contribution < 1.29 is 5.11 Å². The van der Waals surface area contributed by atoms with Crippen LogP contribution in [0.1, 0.15) is 11.0 Å². The van der Waals surface area contributed by atoms with E-state index in [1.54, 1.807) is 6.20 Å². The summed E-state index contributed by atoms with van der Waals surface area (Å²) in [5, 5.41) is 9.14. The Bertz CT molecular complexity index is 235. The van der Waals surface area contributed by atoms with Gasteiger partial charge >= 0.3 is 0 Å². The van der Waals surface area contributed by atoms with Gasteiger partial charge in [-0.3, -0.25) is 0 Å². The van der Waals surface area contributed by atoms with Gasteiger partial charge in [0.2, 0.25) is 0 Å². The summed E-state index contributed by atoms with van der Waals surface area (Å²) in [5.41, 5.74) is 0. The van der Waals surface area contributed by atoms with Crippen molar-refractivity contribution in [3.63, 3.8) is 0 Å². The number of hydrogen-bond acceptors (Lipinski definition) is 3. The molecule has 0 saturated carbocycles. The van der Waals surface area contributed by atoms with Crippen molar-refractivity contribution in [2.24, 2.45) is 0 Å². The second-order valence-electron chi connectivity index (χ2n) is 1.70. The van der Waals surface area contributed by atoms with Crippen molar-refractivity contribution in [3.05, 3.63) is 28.2 Å². The summed E-state index contributed by atoms with van der Waals surface area (Å²) < 4.78 is 0.441. The Morgan fingerprint density at radius 3 is 3.00 bits per heavy atom. The number of aromatic nitrogens is 1. The van der Waals surface area contributed by atoms with E-state index < -0.39 is 6.10 Å². The van der Waals surface area contributed by atoms with Crippen LogP contribution < -0.4 is 0 Å². The number of halogens is 1. The van der Waals surface area contributed by atoms with Gasteiger partial charge < -0.3 is 5.11 Å². The summed E-state index contributed by atoms with van der Waals surface area (Å²) in [6.45, 7) is 3.43. The van der Waals surface area contributed by atoms with Gasteiger partial charge in [0.25, 0.3) is 0 Å². The van der Waals surface area contributed by atoms with Crippen molar-refractivity contribution in [1.29, 1.82) is 0 Å². The molecular weight excluding hydrogens is 170 g/mol. The molecule has 1 N–H and O–H groups in total. The van der Waals surface area contributed by atoms with Crippen molar-refractivity contribution in [1.82, 2.24) is 4.98 Å². The van der Waals surface area contributed by atoms with E-state index in [-0.39, 0.29) is 0 Å². The average Bonchev–Trinajstić information content (AvgIpc) is 2.34. The predicted molar refractivity (Wildman–Crippen MR) is 42.3 cm³/mol. The third kappa shape index (κ3) is 1.56. The highest BCUT2D eigenvalue weighted by atomic mass is 35.5. The lowest BCUT2D eigenvalue weighted by molar-refractivity contribution is 0.232. The van der Waals surface area contributed by atoms with Crippen LogP contribution in [0.3, 0.4) is 0 Å². The number of rotatable bonds is 2. The van der Waals surface area contributed by atoms with E-state index in [4.69, 9.17) is 16.7 Å². The molecule has 0 spiro atoms. The topological polar surface area (TPSA) is 33.1 Å². The Hall–Kier alpha value is -0.380. The molecule has 1 unspecified atom stereocenters. The molecule has 0 bridgehead atoms. The first-order valence-corrected chi connectivity index (χ1v) is 3.85. The van der Waals surface area contributed by atoms with Gasteiger partial charge in [0, 0.05) is 6.20 Å². The zero-order chi connectivity index (χ0) is 7.56. The van der Waals surface area contributed by atoms with E-state index >= 15 is 0 Å². The maximum absolute atomic E-state index is 9.14. The molecule has 0 saturated heterocycles. The maximum atomic E-state index is 9.14. The van der Waals surface area contributed by atoms with Gasteiger partial charge in [-0.1, -0.05) is 17.7 Å². The average molecular weight is 176 g/mol. The molecule has 0 radical (unpaired) electrons. The molecule has 2 nitrogen and oxygen atoms in total. The van der Waals surface area contributed by atoms with Crippen molar-refractivity contribution in [2.45, 2.75) is 6.10 Å². The monoisotopic (exact) mass is 175 g/mol. The zero-order valence-electron chi connectivity index (χ0n) is 5.12. The minimum absolute atomic E-state index is 0.441. The van der Waals surface area contributed by atoms with Crippen LogP contribution in [0.25, 0.3) is 0 Å². The molecular formula is C6H6ClNOS. The minimum atomic E-state index is -0.634. The van der Waals surface area contributed by atoms with Gasteiger partial charge in [-0.05, 0) is 0 Å². The molecule has 54 valence electrons. The largest absolute Gasteiger partial charge is 0.383 e. The first-order chi connectivity index (χ1) is 4.74. The van der Waals surface area contributed by atoms with Crippen LogP contribution in [0.4, 0.5) is 0 Å². The van der Waals surface area contributed by atoms with Gasteiger partial charge in [-0.25, -0.2) is 4.98 Å². The lowest BCUT2D eigenvalue weighted by atomic mass is 10.3. The first kappa shape index (κ1) is 7.72. The van der Waals surface area contributed by atoms with Crippen LogP contribution in [-0.2, 0) is 0 Å². The van der Waals surface area contributed by atoms with Crippen LogP contribution in [-0.4, -0.2) is 10.1 Å². The van der Waals surface area contributed by atoms with E-state index in [1.807, 2.05) is 0 Å². The lowest BCUT2D eigenvalue weighted by Crippen LogP contribution is -1.86. The number of nitrogens with zero attached hydrogens (tertiary/aromatic N) is 1. The van der Waals surface area contributed by atoms with Gasteiger partial charge in [0.15, 0.2) is 4.47 Å². The normalized spacial score (nSPS) is 13.0. The molecule has 0 aliphatic carbocycles. The van der Waals surface area contributed by atoms with Gasteiger partial charge in [-0.15, -0.1) is 17.9 Å². The molecule has 0 aromatic carbocycles. The summed E-state index contributed by atoms with van der Waals surface area (Å²) in [6, 6.07) is 0. The van der Waals surface area contributed by atoms with E-state index in [9.17, 15) is 0 Å². The van der Waals surface area contributed by atoms with Crippen molar-refractivity contribution in [2.75, 3.05) is 0 Å². The first-order valence-electron chi connectivity index (χ1n) is 2.66. The van der Waals surface area contributed by atoms with E-state index in [0.717, 1.165) is 4.88 Å². The van der Waals surface area contributed by atoms with E-state index in [2.05, 4.69) is 11.6 Å². The fraction of sp³-hybridized carbons (Fsp3) is 0.167. The smallest absolute Gasteiger partial charge is 0.183 e. The Balaban J connectivity index is 2.84. The van der Waals surface area contributed by atoms with Gasteiger partial charge in [0.1, 0.15) is 6.10 Å². The standard InChI is InChI=1S/C6H6ClNOS/c1-2-4(9)5-3-8-6(7)10-5/h2-4,9H,1H2. The Morgan fingerprint density at radius 1 is 1.90 bits per heavy atom. The third-order valence-electron chi connectivity index (χ3n) is 1.01. The van der Waals surface area contributed by atoms with Crippen LogP contribution in [0.5, 0.6) is 0 Å². The number of aliphatic hydroxyl groups is 1. The highest BCUT2D eigenvalue weighted by Crippen LogP contribution is 2.24. The van der Waals surface area contributed by atoms with Crippen LogP contribution in [0, 0.1) is 0 Å². The van der Waals surface area contributed by atoms with Crippen molar-refractivity contribution >= 4 is 22.9 Å². The summed E-state index contributed by atoms with van der Waals surface area (Å²) in [5.74, 6) is 0. The quantitative estimate of drug-likeness (QED) is 0.698. The number of thiazole rings is 1. The molecule has 1 rings (SSSR count). The van der Waals surface area contributed by atoms with Gasteiger partial charge in [0.05, 0.1) is 4.88 Å². The van der Waals surface area contributed by atoms with Gasteiger partial charge in [-0.2, -0.15) is 0 Å². The predicted octanol–water partition coefficient (Wildman–Crippen LogP) is 2.02. The molecule has 1 aromatic heterocycles. The third-order valence-corrected chi connectivity index (χ3v) is 2.20. The highest BCUT2D eigenvalue weighted by molar-refractivity contribution is 7.15. The SMILES string of the molecule is C=CC(O)c1cnc(Cl)s1. The molecule has 1 atom stereocenters. The Labute approximate surface area is 67.8 Å². The molecule has 4 heteroatoms. The molecule has 1 aromatic rings. The van der Waals surface area contributed by atoms with E-state index in [0.29, 0.717) is 4.47 Å². The lowest BCUT2D eigenvalue weighted by Gasteiger charge is -1.96. The summed E-state index contributed by atoms with van der Waals surface area (Å²) in [4.78, 5) is 4.48. The minimum Gasteiger partial charge on any atom is -0.383 e. The molecule has 0 amide bonds. The summed E-state index contributed by atoms with van der Waals surface area (Å²) >= 11 is 6.78. The Morgan fingerprint density at radius 2 is 2.60 bits per heavy atom. The molecule has 0 aliphatic rings. The fourth-order valence-corrected chi connectivity index (χ4v) is 1.46. The Kier molecular flexibility index (Phi) is 2.43. The molecule has 10 heavy (non-hydrogen) atoms. The maximum Gasteiger partial charge on any atom is 0.183 e. The molecule has 1 heterocycles. The fourth-order valence-electron chi connectivity index (χ4n) is 0.517. The zero-order valence-corrected chi connectivity index (χ0v) is 6.69. The van der Waals surface area contributed by atoms with Crippen LogP contribution >= 0.6 is 22.9 Å². The van der Waals surface area contributed by atoms with Crippen molar-refractivity contribution in [3.8, 4) is 0 Å². The van der Waals surface area contributed by atoms with Crippen LogP contribution in [0.2, 0.25) is 4.47 Å². The summed E-state index contributed by atoms with van der Waals surface area (Å²) in [7, 11) is 0. The van der Waals surface area contributed by atoms with E-state index in [1.165, 1.54) is 17.4 Å². The number of hydrogen-bond donors (Lipinski definition) is 1. The van der Waals surface area contributed by atoms with Crippen LogP contribution in [0.15, 0.2) is 18.9 Å². The second-order valence-corrected chi connectivity index (χ2v) is 3.34. The highest BCUT2D eigenvalue weighted by Gasteiger charge is 2.05. The molecule has 0 fully saturated rings. The molecule has 0 aliphatic heterocycles. The second kappa shape index (κ2) is 3.14. The number of aliphatic hydroxyl groups excluding tert-OH is 1.